The molecule has 0 unspecified atom stereocenters. The van der Waals surface area contributed by atoms with Crippen LogP contribution in [-0.4, -0.2) is 18.2 Å². The van der Waals surface area contributed by atoms with Crippen LogP contribution in [0, 0.1) is 13.8 Å². The van der Waals surface area contributed by atoms with Gasteiger partial charge in [-0.1, -0.05) is 11.2 Å². The second kappa shape index (κ2) is 6.68. The Morgan fingerprint density at radius 2 is 1.88 bits per heavy atom. The molecule has 0 atom stereocenters. The summed E-state index contributed by atoms with van der Waals surface area (Å²) in [5.41, 5.74) is 11.5. The van der Waals surface area contributed by atoms with Gasteiger partial charge in [-0.15, -0.1) is 0 Å². The number of methoxy groups -OCH3 is 1. The lowest BCUT2D eigenvalue weighted by Gasteiger charge is -2.12. The van der Waals surface area contributed by atoms with Crippen molar-refractivity contribution in [2.24, 2.45) is 0 Å². The largest absolute Gasteiger partial charge is 0.465 e. The van der Waals surface area contributed by atoms with Crippen molar-refractivity contribution in [3.8, 4) is 11.1 Å². The van der Waals surface area contributed by atoms with Crippen molar-refractivity contribution in [2.45, 2.75) is 13.8 Å². The number of nitrogen functional groups attached to an aromatic ring is 1. The number of anilines is 3. The highest BCUT2D eigenvalue weighted by Crippen LogP contribution is 2.32. The Hall–Kier alpha value is -3.28. The van der Waals surface area contributed by atoms with E-state index in [1.807, 2.05) is 32.0 Å². The molecule has 0 bridgehead atoms. The van der Waals surface area contributed by atoms with Crippen molar-refractivity contribution in [2.75, 3.05) is 18.2 Å². The predicted molar refractivity (Wildman–Crippen MR) is 96.9 cm³/mol. The van der Waals surface area contributed by atoms with E-state index in [-0.39, 0.29) is 5.97 Å². The number of hydrogen-bond acceptors (Lipinski definition) is 6. The van der Waals surface area contributed by atoms with Gasteiger partial charge in [-0.2, -0.15) is 0 Å². The van der Waals surface area contributed by atoms with Crippen LogP contribution >= 0.6 is 0 Å². The van der Waals surface area contributed by atoms with E-state index < -0.39 is 0 Å². The lowest BCUT2D eigenvalue weighted by atomic mass is 10.0. The van der Waals surface area contributed by atoms with Crippen molar-refractivity contribution in [3.05, 3.63) is 59.5 Å². The molecule has 0 aliphatic rings. The quantitative estimate of drug-likeness (QED) is 0.551. The maximum atomic E-state index is 11.5. The first kappa shape index (κ1) is 16.6. The number of carbonyl (C=O) groups is 1. The van der Waals surface area contributed by atoms with Crippen LogP contribution in [0.25, 0.3) is 11.1 Å². The zero-order chi connectivity index (χ0) is 18.0. The van der Waals surface area contributed by atoms with Gasteiger partial charge in [-0.3, -0.25) is 0 Å². The Morgan fingerprint density at radius 1 is 1.16 bits per heavy atom. The highest BCUT2D eigenvalue weighted by molar-refractivity contribution is 5.90. The highest BCUT2D eigenvalue weighted by atomic mass is 16.5. The van der Waals surface area contributed by atoms with Gasteiger partial charge in [0.2, 0.25) is 0 Å². The smallest absolute Gasteiger partial charge is 0.337 e. The number of ether oxygens (including phenoxy) is 1. The van der Waals surface area contributed by atoms with Crippen LogP contribution in [0.5, 0.6) is 0 Å². The molecule has 1 heterocycles. The van der Waals surface area contributed by atoms with Crippen LogP contribution in [-0.2, 0) is 4.74 Å². The van der Waals surface area contributed by atoms with Gasteiger partial charge in [0.25, 0.3) is 0 Å². The van der Waals surface area contributed by atoms with Crippen molar-refractivity contribution >= 4 is 23.0 Å². The lowest BCUT2D eigenvalue weighted by molar-refractivity contribution is 0.0601. The fourth-order valence-corrected chi connectivity index (χ4v) is 2.68. The van der Waals surface area contributed by atoms with Crippen LogP contribution in [0.4, 0.5) is 17.1 Å². The number of nitrogens with zero attached hydrogens (tertiary/aromatic N) is 1. The molecule has 2 aromatic carbocycles. The first-order chi connectivity index (χ1) is 12.0. The predicted octanol–water partition coefficient (Wildman–Crippen LogP) is 4.07. The van der Waals surface area contributed by atoms with Gasteiger partial charge >= 0.3 is 5.97 Å². The number of nitrogens with two attached hydrogens (primary N) is 1. The van der Waals surface area contributed by atoms with E-state index in [9.17, 15) is 4.79 Å². The molecule has 1 aromatic heterocycles. The molecule has 25 heavy (non-hydrogen) atoms. The van der Waals surface area contributed by atoms with Gasteiger partial charge in [-0.05, 0) is 55.8 Å². The SMILES string of the molecule is COC(=O)c1ccc(Nc2cc(-c3c(C)noc3C)ccc2N)cc1. The lowest BCUT2D eigenvalue weighted by Crippen LogP contribution is -2.01. The second-order valence-corrected chi connectivity index (χ2v) is 5.70. The van der Waals surface area contributed by atoms with Crippen LogP contribution in [0.2, 0.25) is 0 Å². The summed E-state index contributed by atoms with van der Waals surface area (Å²) in [5.74, 6) is 0.391. The van der Waals surface area contributed by atoms with E-state index >= 15 is 0 Å². The van der Waals surface area contributed by atoms with E-state index in [2.05, 4.69) is 10.5 Å². The number of carbonyl (C=O) groups excluding carboxylic acids is 1. The third-order valence-corrected chi connectivity index (χ3v) is 3.96. The monoisotopic (exact) mass is 337 g/mol. The minimum Gasteiger partial charge on any atom is -0.465 e. The summed E-state index contributed by atoms with van der Waals surface area (Å²) in [6, 6.07) is 12.7. The Balaban J connectivity index is 1.90. The molecular weight excluding hydrogens is 318 g/mol. The number of esters is 1. The van der Waals surface area contributed by atoms with Crippen LogP contribution in [0.3, 0.4) is 0 Å². The van der Waals surface area contributed by atoms with E-state index in [0.717, 1.165) is 34.0 Å². The number of nitrogens with one attached hydrogen (secondary N) is 1. The molecule has 0 saturated heterocycles. The van der Waals surface area contributed by atoms with E-state index in [0.29, 0.717) is 11.3 Å². The first-order valence-corrected chi connectivity index (χ1v) is 7.77. The summed E-state index contributed by atoms with van der Waals surface area (Å²) in [4.78, 5) is 11.5. The summed E-state index contributed by atoms with van der Waals surface area (Å²) in [6.07, 6.45) is 0. The average molecular weight is 337 g/mol. The second-order valence-electron chi connectivity index (χ2n) is 5.70. The molecular formula is C19H19N3O3. The molecule has 0 amide bonds. The van der Waals surface area contributed by atoms with Crippen LogP contribution in [0.15, 0.2) is 47.0 Å². The van der Waals surface area contributed by atoms with Crippen molar-refractivity contribution in [3.63, 3.8) is 0 Å². The molecule has 0 radical (unpaired) electrons. The van der Waals surface area contributed by atoms with Gasteiger partial charge in [0, 0.05) is 11.3 Å². The van der Waals surface area contributed by atoms with Crippen LogP contribution < -0.4 is 11.1 Å². The summed E-state index contributed by atoms with van der Waals surface area (Å²) >= 11 is 0. The van der Waals surface area contributed by atoms with Crippen LogP contribution in [0.1, 0.15) is 21.8 Å². The van der Waals surface area contributed by atoms with E-state index in [1.165, 1.54) is 7.11 Å². The molecule has 3 rings (SSSR count). The molecule has 128 valence electrons. The van der Waals surface area contributed by atoms with E-state index in [4.69, 9.17) is 15.0 Å². The maximum Gasteiger partial charge on any atom is 0.337 e. The number of aromatic nitrogens is 1. The van der Waals surface area contributed by atoms with Gasteiger partial charge in [0.1, 0.15) is 5.76 Å². The third-order valence-electron chi connectivity index (χ3n) is 3.96. The van der Waals surface area contributed by atoms with Gasteiger partial charge < -0.3 is 20.3 Å². The third kappa shape index (κ3) is 3.33. The summed E-state index contributed by atoms with van der Waals surface area (Å²) in [7, 11) is 1.36. The van der Waals surface area contributed by atoms with Gasteiger partial charge in [0.05, 0.1) is 29.7 Å². The fraction of sp³-hybridized carbons (Fsp3) is 0.158. The number of rotatable bonds is 4. The topological polar surface area (TPSA) is 90.4 Å². The maximum absolute atomic E-state index is 11.5. The standard InChI is InChI=1S/C19H19N3O3/c1-11-18(12(2)25-22-11)14-6-9-16(20)17(10-14)21-15-7-4-13(5-8-15)19(23)24-3/h4-10,21H,20H2,1-3H3. The minimum atomic E-state index is -0.369. The Bertz CT molecular complexity index is 895. The van der Waals surface area contributed by atoms with Crippen molar-refractivity contribution < 1.29 is 14.1 Å². The molecule has 0 aliphatic carbocycles. The Kier molecular flexibility index (Phi) is 4.43. The minimum absolute atomic E-state index is 0.369. The summed E-state index contributed by atoms with van der Waals surface area (Å²) in [5, 5.41) is 7.26. The molecule has 0 aliphatic heterocycles. The molecule has 3 aromatic rings. The summed E-state index contributed by atoms with van der Waals surface area (Å²) in [6.45, 7) is 3.78. The normalized spacial score (nSPS) is 10.5. The molecule has 3 N–H and O–H groups in total. The number of hydrogen-bond donors (Lipinski definition) is 2. The fourth-order valence-electron chi connectivity index (χ4n) is 2.68. The Labute approximate surface area is 145 Å². The Morgan fingerprint density at radius 3 is 2.48 bits per heavy atom. The summed E-state index contributed by atoms with van der Waals surface area (Å²) < 4.78 is 9.94. The average Bonchev–Trinajstić information content (AvgIpc) is 2.95. The zero-order valence-corrected chi connectivity index (χ0v) is 14.3. The molecule has 6 heteroatoms. The van der Waals surface area contributed by atoms with Gasteiger partial charge in [0.15, 0.2) is 0 Å². The molecule has 6 nitrogen and oxygen atoms in total. The molecule has 0 fully saturated rings. The number of benzene rings is 2. The van der Waals surface area contributed by atoms with Crippen molar-refractivity contribution in [1.29, 1.82) is 0 Å². The number of aryl methyl sites for hydroxylation is 2. The zero-order valence-electron chi connectivity index (χ0n) is 14.3. The van der Waals surface area contributed by atoms with Crippen molar-refractivity contribution in [1.82, 2.24) is 5.16 Å². The molecule has 0 spiro atoms. The molecule has 0 saturated carbocycles. The first-order valence-electron chi connectivity index (χ1n) is 7.77. The van der Waals surface area contributed by atoms with E-state index in [1.54, 1.807) is 24.3 Å². The van der Waals surface area contributed by atoms with Gasteiger partial charge in [-0.25, -0.2) is 4.79 Å². The highest BCUT2D eigenvalue weighted by Gasteiger charge is 2.13.